The van der Waals surface area contributed by atoms with Crippen molar-refractivity contribution in [1.29, 1.82) is 0 Å². The highest BCUT2D eigenvalue weighted by Gasteiger charge is 2.37. The van der Waals surface area contributed by atoms with Crippen LogP contribution in [0.3, 0.4) is 0 Å². The fourth-order valence-electron chi connectivity index (χ4n) is 6.31. The van der Waals surface area contributed by atoms with Crippen LogP contribution in [0, 0.1) is 0 Å². The maximum absolute atomic E-state index is 6.15. The molecular weight excluding hydrogens is 563 g/mol. The van der Waals surface area contributed by atoms with Crippen LogP contribution in [0.1, 0.15) is 17.2 Å². The molecule has 1 unspecified atom stereocenters. The highest BCUT2D eigenvalue weighted by atomic mass is 35.5. The summed E-state index contributed by atoms with van der Waals surface area (Å²) in [6, 6.07) is 15.4. The summed E-state index contributed by atoms with van der Waals surface area (Å²) >= 11 is 0. The maximum Gasteiger partial charge on any atom is 0.173 e. The Morgan fingerprint density at radius 3 is 2.24 bits per heavy atom. The molecule has 7 rings (SSSR count). The third kappa shape index (κ3) is 6.50. The van der Waals surface area contributed by atoms with Gasteiger partial charge in [0.25, 0.3) is 0 Å². The largest absolute Gasteiger partial charge is 0.492 e. The Morgan fingerprint density at radius 1 is 0.756 bits per heavy atom. The van der Waals surface area contributed by atoms with Crippen molar-refractivity contribution in [3.05, 3.63) is 53.6 Å². The lowest BCUT2D eigenvalue weighted by molar-refractivity contribution is 0.0322. The summed E-state index contributed by atoms with van der Waals surface area (Å²) in [5.74, 6) is 2.86. The van der Waals surface area contributed by atoms with E-state index in [4.69, 9.17) is 24.2 Å². The van der Waals surface area contributed by atoms with Crippen LogP contribution in [0.4, 0.5) is 11.6 Å². The first kappa shape index (κ1) is 30.1. The molecule has 0 spiro atoms. The Labute approximate surface area is 254 Å². The lowest BCUT2D eigenvalue weighted by atomic mass is 9.91. The molecule has 3 aromatic rings. The molecule has 0 aliphatic carbocycles. The number of benzene rings is 2. The van der Waals surface area contributed by atoms with Gasteiger partial charge in [0.15, 0.2) is 11.6 Å². The topological polar surface area (TPSA) is 66.4 Å². The Bertz CT molecular complexity index is 1300. The average Bonchev–Trinajstić information content (AvgIpc) is 3.00. The van der Waals surface area contributed by atoms with Gasteiger partial charge in [0.2, 0.25) is 0 Å². The molecule has 4 aliphatic heterocycles. The Kier molecular flexibility index (Phi) is 10.1. The minimum absolute atomic E-state index is 0. The summed E-state index contributed by atoms with van der Waals surface area (Å²) < 4.78 is 17.2. The Hall–Kier alpha value is -2.40. The number of rotatable bonds is 7. The molecule has 2 fully saturated rings. The number of halogens is 2. The van der Waals surface area contributed by atoms with Gasteiger partial charge in [-0.25, -0.2) is 9.97 Å². The first-order valence-electron chi connectivity index (χ1n) is 14.5. The van der Waals surface area contributed by atoms with Crippen molar-refractivity contribution in [2.24, 2.45) is 0 Å². The molecule has 5 heterocycles. The maximum atomic E-state index is 6.15. The predicted octanol–water partition coefficient (Wildman–Crippen LogP) is 3.44. The zero-order chi connectivity index (χ0) is 26.0. The van der Waals surface area contributed by atoms with E-state index in [-0.39, 0.29) is 24.8 Å². The quantitative estimate of drug-likeness (QED) is 0.404. The summed E-state index contributed by atoms with van der Waals surface area (Å²) in [7, 11) is 0. The lowest BCUT2D eigenvalue weighted by Crippen LogP contribution is -2.50. The molecule has 4 aliphatic rings. The minimum Gasteiger partial charge on any atom is -0.492 e. The average molecular weight is 604 g/mol. The smallest absolute Gasteiger partial charge is 0.173 e. The van der Waals surface area contributed by atoms with Crippen LogP contribution < -0.4 is 14.5 Å². The van der Waals surface area contributed by atoms with Gasteiger partial charge in [-0.15, -0.1) is 24.8 Å². The van der Waals surface area contributed by atoms with E-state index in [1.165, 1.54) is 11.1 Å². The van der Waals surface area contributed by atoms with Crippen LogP contribution in [-0.2, 0) is 15.9 Å². The van der Waals surface area contributed by atoms with Gasteiger partial charge in [0.1, 0.15) is 12.4 Å². The molecule has 2 aromatic carbocycles. The monoisotopic (exact) mass is 602 g/mol. The highest BCUT2D eigenvalue weighted by Crippen LogP contribution is 2.42. The van der Waals surface area contributed by atoms with Gasteiger partial charge in [-0.3, -0.25) is 9.80 Å². The second-order valence-electron chi connectivity index (χ2n) is 10.9. The highest BCUT2D eigenvalue weighted by molar-refractivity contribution is 5.86. The number of hydrogen-bond donors (Lipinski definition) is 0. The lowest BCUT2D eigenvalue weighted by Gasteiger charge is -2.46. The van der Waals surface area contributed by atoms with E-state index < -0.39 is 0 Å². The number of nitrogens with zero attached hydrogens (tertiary/aromatic N) is 6. The molecule has 0 radical (unpaired) electrons. The fraction of sp³-hybridized carbons (Fsp3) is 0.533. The van der Waals surface area contributed by atoms with Gasteiger partial charge in [-0.1, -0.05) is 24.3 Å². The van der Waals surface area contributed by atoms with E-state index in [0.29, 0.717) is 12.6 Å². The Morgan fingerprint density at radius 2 is 1.46 bits per heavy atom. The van der Waals surface area contributed by atoms with Gasteiger partial charge in [-0.2, -0.15) is 0 Å². The van der Waals surface area contributed by atoms with Gasteiger partial charge in [0.05, 0.1) is 43.5 Å². The first-order valence-corrected chi connectivity index (χ1v) is 14.5. The summed E-state index contributed by atoms with van der Waals surface area (Å²) in [5, 5.41) is 0. The third-order valence-corrected chi connectivity index (χ3v) is 8.55. The van der Waals surface area contributed by atoms with Crippen molar-refractivity contribution in [2.75, 3.05) is 102 Å². The predicted molar refractivity (Wildman–Crippen MR) is 166 cm³/mol. The molecule has 11 heteroatoms. The molecule has 9 nitrogen and oxygen atoms in total. The molecule has 41 heavy (non-hydrogen) atoms. The third-order valence-electron chi connectivity index (χ3n) is 8.55. The van der Waals surface area contributed by atoms with Crippen molar-refractivity contribution in [1.82, 2.24) is 19.8 Å². The van der Waals surface area contributed by atoms with Crippen molar-refractivity contribution in [3.8, 4) is 5.75 Å². The summed E-state index contributed by atoms with van der Waals surface area (Å²) in [6.45, 7) is 12.6. The molecular formula is C30H40Cl2N6O3. The SMILES string of the molecule is Cl.Cl.c1ccc2c(c1)CCN1c3nc4ccc(OCCN5CCOCC5)cc4nc3N(CCN3CCOCC3)CC21. The van der Waals surface area contributed by atoms with Crippen LogP contribution in [-0.4, -0.2) is 112 Å². The first-order chi connectivity index (χ1) is 19.3. The molecule has 0 N–H and O–H groups in total. The van der Waals surface area contributed by atoms with E-state index in [2.05, 4.69) is 56.0 Å². The van der Waals surface area contributed by atoms with Crippen molar-refractivity contribution >= 4 is 47.5 Å². The normalized spacial score (nSPS) is 20.8. The second kappa shape index (κ2) is 13.7. The van der Waals surface area contributed by atoms with E-state index in [1.807, 2.05) is 6.07 Å². The van der Waals surface area contributed by atoms with Crippen molar-refractivity contribution < 1.29 is 14.2 Å². The van der Waals surface area contributed by atoms with Crippen LogP contribution in [0.5, 0.6) is 5.75 Å². The van der Waals surface area contributed by atoms with E-state index >= 15 is 0 Å². The van der Waals surface area contributed by atoms with E-state index in [0.717, 1.165) is 120 Å². The molecule has 1 atom stereocenters. The standard InChI is InChI=1S/C30H38N6O3.2ClH/c1-2-4-25-23(3-1)7-8-36-28(25)22-35(10-9-33-11-16-37-17-12-33)29-30(36)31-26-6-5-24(21-27(26)32-29)39-20-15-34-13-18-38-19-14-34;;/h1-6,21,28H,7-20,22H2;2*1H. The summed E-state index contributed by atoms with van der Waals surface area (Å²) in [5.41, 5.74) is 4.70. The second-order valence-corrected chi connectivity index (χ2v) is 10.9. The van der Waals surface area contributed by atoms with Crippen LogP contribution in [0.25, 0.3) is 11.0 Å². The molecule has 0 saturated carbocycles. The number of ether oxygens (including phenoxy) is 3. The number of fused-ring (bicyclic) bond motifs is 6. The molecule has 0 bridgehead atoms. The molecule has 2 saturated heterocycles. The number of hydrogen-bond acceptors (Lipinski definition) is 9. The van der Waals surface area contributed by atoms with E-state index in [9.17, 15) is 0 Å². The molecule has 222 valence electrons. The van der Waals surface area contributed by atoms with Gasteiger partial charge in [-0.05, 0) is 29.7 Å². The Balaban J connectivity index is 0.00000169. The van der Waals surface area contributed by atoms with Crippen LogP contribution in [0.15, 0.2) is 42.5 Å². The molecule has 0 amide bonds. The number of aromatic nitrogens is 2. The van der Waals surface area contributed by atoms with Gasteiger partial charge < -0.3 is 24.0 Å². The minimum atomic E-state index is 0. The summed E-state index contributed by atoms with van der Waals surface area (Å²) in [6.07, 6.45) is 1.04. The fourth-order valence-corrected chi connectivity index (χ4v) is 6.31. The zero-order valence-corrected chi connectivity index (χ0v) is 25.1. The van der Waals surface area contributed by atoms with Crippen LogP contribution in [0.2, 0.25) is 0 Å². The van der Waals surface area contributed by atoms with Crippen LogP contribution >= 0.6 is 24.8 Å². The van der Waals surface area contributed by atoms with E-state index in [1.54, 1.807) is 0 Å². The zero-order valence-electron chi connectivity index (χ0n) is 23.4. The van der Waals surface area contributed by atoms with Crippen molar-refractivity contribution in [3.63, 3.8) is 0 Å². The number of morpholine rings is 2. The van der Waals surface area contributed by atoms with Crippen molar-refractivity contribution in [2.45, 2.75) is 12.5 Å². The van der Waals surface area contributed by atoms with Gasteiger partial charge in [0, 0.05) is 65.0 Å². The number of anilines is 2. The molecule has 1 aromatic heterocycles. The summed E-state index contributed by atoms with van der Waals surface area (Å²) in [4.78, 5) is 20.3. The van der Waals surface area contributed by atoms with Gasteiger partial charge >= 0.3 is 0 Å².